The van der Waals surface area contributed by atoms with Gasteiger partial charge in [0.25, 0.3) is 0 Å². The van der Waals surface area contributed by atoms with E-state index >= 15 is 0 Å². The molecule has 0 atom stereocenters. The van der Waals surface area contributed by atoms with Gasteiger partial charge in [0.15, 0.2) is 0 Å². The molecule has 0 aromatic heterocycles. The maximum atomic E-state index is 13.1. The molecule has 5 heteroatoms. The highest BCUT2D eigenvalue weighted by atomic mass is 32.2. The van der Waals surface area contributed by atoms with E-state index in [0.29, 0.717) is 31.1 Å². The second-order valence-corrected chi connectivity index (χ2v) is 8.82. The van der Waals surface area contributed by atoms with Gasteiger partial charge in [0, 0.05) is 31.9 Å². The number of anilines is 1. The molecule has 4 nitrogen and oxygen atoms in total. The molecule has 0 aliphatic carbocycles. The summed E-state index contributed by atoms with van der Waals surface area (Å²) in [6.07, 6.45) is 0.978. The van der Waals surface area contributed by atoms with Gasteiger partial charge < -0.3 is 4.90 Å². The van der Waals surface area contributed by atoms with Crippen LogP contribution in [0.3, 0.4) is 0 Å². The minimum absolute atomic E-state index is 0.378. The van der Waals surface area contributed by atoms with E-state index < -0.39 is 10.0 Å². The molecule has 1 aliphatic rings. The molecule has 1 heterocycles. The monoisotopic (exact) mass is 380 g/mol. The third-order valence-corrected chi connectivity index (χ3v) is 7.21. The highest BCUT2D eigenvalue weighted by Crippen LogP contribution is 2.26. The van der Waals surface area contributed by atoms with Gasteiger partial charge in [-0.3, -0.25) is 0 Å². The molecule has 140 valence electrons. The lowest BCUT2D eigenvalue weighted by Gasteiger charge is -2.36. The third-order valence-electron chi connectivity index (χ3n) is 5.31. The Bertz CT molecular complexity index is 1050. The fourth-order valence-electron chi connectivity index (χ4n) is 3.76. The fourth-order valence-corrected chi connectivity index (χ4v) is 5.22. The average molecular weight is 381 g/mol. The van der Waals surface area contributed by atoms with Crippen LogP contribution in [-0.2, 0) is 16.4 Å². The average Bonchev–Trinajstić information content (AvgIpc) is 2.73. The van der Waals surface area contributed by atoms with E-state index in [-0.39, 0.29) is 0 Å². The first kappa shape index (κ1) is 18.0. The second kappa shape index (κ2) is 7.33. The van der Waals surface area contributed by atoms with Crippen molar-refractivity contribution in [3.05, 3.63) is 72.3 Å². The van der Waals surface area contributed by atoms with Crippen molar-refractivity contribution in [2.45, 2.75) is 18.2 Å². The van der Waals surface area contributed by atoms with E-state index in [2.05, 4.69) is 30.0 Å². The minimum atomic E-state index is -3.47. The largest absolute Gasteiger partial charge is 0.369 e. The van der Waals surface area contributed by atoms with Crippen molar-refractivity contribution in [2.75, 3.05) is 31.1 Å². The number of hydrogen-bond donors (Lipinski definition) is 0. The third kappa shape index (κ3) is 3.45. The number of aryl methyl sites for hydroxylation is 1. The van der Waals surface area contributed by atoms with Crippen LogP contribution in [-0.4, -0.2) is 38.9 Å². The van der Waals surface area contributed by atoms with Gasteiger partial charge in [0.2, 0.25) is 10.0 Å². The summed E-state index contributed by atoms with van der Waals surface area (Å²) in [5.41, 5.74) is 2.53. The Kier molecular flexibility index (Phi) is 4.89. The fraction of sp³-hybridized carbons (Fsp3) is 0.273. The molecule has 0 N–H and O–H groups in total. The Morgan fingerprint density at radius 3 is 2.22 bits per heavy atom. The Labute approximate surface area is 161 Å². The standard InChI is InChI=1S/C22H24N2O2S/c1-2-18-7-5-6-10-22(18)23-13-15-24(16-14-23)27(25,26)21-12-11-19-8-3-4-9-20(19)17-21/h3-12,17H,2,13-16H2,1H3. The first-order chi connectivity index (χ1) is 13.1. The molecule has 0 amide bonds. The SMILES string of the molecule is CCc1ccccc1N1CCN(S(=O)(=O)c2ccc3ccccc3c2)CC1. The van der Waals surface area contributed by atoms with Crippen molar-refractivity contribution in [1.82, 2.24) is 4.31 Å². The van der Waals surface area contributed by atoms with E-state index in [1.165, 1.54) is 11.3 Å². The molecule has 4 rings (SSSR count). The molecule has 0 unspecified atom stereocenters. The number of benzene rings is 3. The zero-order valence-corrected chi connectivity index (χ0v) is 16.3. The summed E-state index contributed by atoms with van der Waals surface area (Å²) in [5, 5.41) is 2.01. The van der Waals surface area contributed by atoms with Crippen LogP contribution in [0.2, 0.25) is 0 Å². The highest BCUT2D eigenvalue weighted by Gasteiger charge is 2.29. The number of sulfonamides is 1. The molecule has 0 spiro atoms. The van der Waals surface area contributed by atoms with Crippen LogP contribution in [0.25, 0.3) is 10.8 Å². The van der Waals surface area contributed by atoms with Gasteiger partial charge in [-0.25, -0.2) is 8.42 Å². The van der Waals surface area contributed by atoms with Gasteiger partial charge in [-0.05, 0) is 41.0 Å². The molecular formula is C22H24N2O2S. The predicted molar refractivity (Wildman–Crippen MR) is 111 cm³/mol. The van der Waals surface area contributed by atoms with Crippen LogP contribution in [0.4, 0.5) is 5.69 Å². The van der Waals surface area contributed by atoms with Crippen LogP contribution < -0.4 is 4.90 Å². The van der Waals surface area contributed by atoms with Gasteiger partial charge in [0.1, 0.15) is 0 Å². The van der Waals surface area contributed by atoms with E-state index in [4.69, 9.17) is 0 Å². The number of rotatable bonds is 4. The summed E-state index contributed by atoms with van der Waals surface area (Å²) >= 11 is 0. The van der Waals surface area contributed by atoms with E-state index in [9.17, 15) is 8.42 Å². The van der Waals surface area contributed by atoms with Gasteiger partial charge in [-0.15, -0.1) is 0 Å². The predicted octanol–water partition coefficient (Wildman–Crippen LogP) is 3.91. The van der Waals surface area contributed by atoms with Crippen molar-refractivity contribution in [3.8, 4) is 0 Å². The maximum Gasteiger partial charge on any atom is 0.243 e. The van der Waals surface area contributed by atoms with Crippen molar-refractivity contribution in [1.29, 1.82) is 0 Å². The first-order valence-electron chi connectivity index (χ1n) is 9.41. The lowest BCUT2D eigenvalue weighted by atomic mass is 10.1. The number of hydrogen-bond acceptors (Lipinski definition) is 3. The first-order valence-corrected chi connectivity index (χ1v) is 10.9. The van der Waals surface area contributed by atoms with Crippen LogP contribution in [0.15, 0.2) is 71.6 Å². The lowest BCUT2D eigenvalue weighted by Crippen LogP contribution is -2.48. The van der Waals surface area contributed by atoms with Gasteiger partial charge in [0.05, 0.1) is 4.90 Å². The van der Waals surface area contributed by atoms with Crippen molar-refractivity contribution < 1.29 is 8.42 Å². The normalized spacial score (nSPS) is 16.0. The van der Waals surface area contributed by atoms with Gasteiger partial charge >= 0.3 is 0 Å². The number of para-hydroxylation sites is 1. The highest BCUT2D eigenvalue weighted by molar-refractivity contribution is 7.89. The Hall–Kier alpha value is -2.37. The Morgan fingerprint density at radius 2 is 1.48 bits per heavy atom. The van der Waals surface area contributed by atoms with Crippen molar-refractivity contribution >= 4 is 26.5 Å². The molecule has 0 bridgehead atoms. The maximum absolute atomic E-state index is 13.1. The topological polar surface area (TPSA) is 40.6 Å². The Morgan fingerprint density at radius 1 is 0.815 bits per heavy atom. The summed E-state index contributed by atoms with van der Waals surface area (Å²) in [7, 11) is -3.47. The molecule has 0 radical (unpaired) electrons. The van der Waals surface area contributed by atoms with Crippen molar-refractivity contribution in [2.24, 2.45) is 0 Å². The van der Waals surface area contributed by atoms with Gasteiger partial charge in [-0.2, -0.15) is 4.31 Å². The van der Waals surface area contributed by atoms with E-state index in [0.717, 1.165) is 17.2 Å². The molecular weight excluding hydrogens is 356 g/mol. The summed E-state index contributed by atoms with van der Waals surface area (Å²) < 4.78 is 27.8. The van der Waals surface area contributed by atoms with Crippen LogP contribution >= 0.6 is 0 Å². The molecule has 27 heavy (non-hydrogen) atoms. The zero-order valence-electron chi connectivity index (χ0n) is 15.5. The molecule has 1 aliphatic heterocycles. The zero-order chi connectivity index (χ0) is 18.9. The summed E-state index contributed by atoms with van der Waals surface area (Å²) in [5.74, 6) is 0. The summed E-state index contributed by atoms with van der Waals surface area (Å²) in [6.45, 7) is 4.59. The second-order valence-electron chi connectivity index (χ2n) is 6.88. The van der Waals surface area contributed by atoms with E-state index in [1.807, 2.05) is 36.4 Å². The van der Waals surface area contributed by atoms with Crippen LogP contribution in [0, 0.1) is 0 Å². The lowest BCUT2D eigenvalue weighted by molar-refractivity contribution is 0.384. The smallest absolute Gasteiger partial charge is 0.243 e. The summed E-state index contributed by atoms with van der Waals surface area (Å²) in [6, 6.07) is 21.6. The number of fused-ring (bicyclic) bond motifs is 1. The van der Waals surface area contributed by atoms with Crippen LogP contribution in [0.1, 0.15) is 12.5 Å². The van der Waals surface area contributed by atoms with Gasteiger partial charge in [-0.1, -0.05) is 55.5 Å². The minimum Gasteiger partial charge on any atom is -0.369 e. The van der Waals surface area contributed by atoms with E-state index in [1.54, 1.807) is 16.4 Å². The number of piperazine rings is 1. The molecule has 3 aromatic rings. The molecule has 1 fully saturated rings. The molecule has 1 saturated heterocycles. The summed E-state index contributed by atoms with van der Waals surface area (Å²) in [4.78, 5) is 2.68. The Balaban J connectivity index is 1.54. The van der Waals surface area contributed by atoms with Crippen molar-refractivity contribution in [3.63, 3.8) is 0 Å². The molecule has 3 aromatic carbocycles. The molecule has 0 saturated carbocycles. The van der Waals surface area contributed by atoms with Crippen LogP contribution in [0.5, 0.6) is 0 Å². The number of nitrogens with zero attached hydrogens (tertiary/aromatic N) is 2. The quantitative estimate of drug-likeness (QED) is 0.689.